The van der Waals surface area contributed by atoms with Crippen LogP contribution in [0.1, 0.15) is 65.2 Å². The van der Waals surface area contributed by atoms with Gasteiger partial charge in [-0.05, 0) is 25.7 Å². The number of carbonyl (C=O) groups is 1. The smallest absolute Gasteiger partial charge is 0.217 e. The van der Waals surface area contributed by atoms with Crippen LogP contribution in [0.4, 0.5) is 0 Å². The average Bonchev–Trinajstić information content (AvgIpc) is 2.49. The van der Waals surface area contributed by atoms with Crippen molar-refractivity contribution in [1.29, 1.82) is 0 Å². The van der Waals surface area contributed by atoms with Crippen LogP contribution in [0.15, 0.2) is 24.3 Å². The van der Waals surface area contributed by atoms with Gasteiger partial charge in [-0.1, -0.05) is 56.9 Å². The first kappa shape index (κ1) is 20.9. The van der Waals surface area contributed by atoms with E-state index in [1.807, 2.05) is 6.08 Å². The summed E-state index contributed by atoms with van der Waals surface area (Å²) in [4.78, 5) is 10.9. The number of allylic oxidation sites excluding steroid dienone is 3. The minimum Gasteiger partial charge on any atom is -0.394 e. The van der Waals surface area contributed by atoms with Crippen molar-refractivity contribution in [2.24, 2.45) is 0 Å². The van der Waals surface area contributed by atoms with Gasteiger partial charge in [-0.25, -0.2) is 0 Å². The molecular weight excluding hydrogens is 278 g/mol. The molecule has 4 nitrogen and oxygen atoms in total. The van der Waals surface area contributed by atoms with E-state index in [4.69, 9.17) is 5.11 Å². The van der Waals surface area contributed by atoms with Gasteiger partial charge in [-0.3, -0.25) is 4.79 Å². The molecule has 0 radical (unpaired) electrons. The van der Waals surface area contributed by atoms with Crippen LogP contribution in [0.5, 0.6) is 0 Å². The summed E-state index contributed by atoms with van der Waals surface area (Å²) in [5.74, 6) is -0.256. The van der Waals surface area contributed by atoms with Crippen LogP contribution >= 0.6 is 0 Å². The second-order valence-electron chi connectivity index (χ2n) is 5.66. The van der Waals surface area contributed by atoms with Gasteiger partial charge in [-0.15, -0.1) is 0 Å². The highest BCUT2D eigenvalue weighted by Crippen LogP contribution is 2.06. The summed E-state index contributed by atoms with van der Waals surface area (Å²) in [6.07, 6.45) is 16.6. The molecule has 3 N–H and O–H groups in total. The quantitative estimate of drug-likeness (QED) is 0.361. The highest BCUT2D eigenvalue weighted by molar-refractivity contribution is 5.73. The number of carbonyl (C=O) groups excluding carboxylic acids is 1. The second kappa shape index (κ2) is 14.8. The first-order chi connectivity index (χ1) is 10.6. The maximum Gasteiger partial charge on any atom is 0.217 e. The first-order valence-electron chi connectivity index (χ1n) is 8.49. The number of hydrogen-bond donors (Lipinski definition) is 3. The maximum atomic E-state index is 10.9. The van der Waals surface area contributed by atoms with Crippen LogP contribution in [0, 0.1) is 0 Å². The molecule has 0 aromatic heterocycles. The molecule has 0 saturated carbocycles. The Morgan fingerprint density at radius 1 is 1.05 bits per heavy atom. The molecule has 0 spiro atoms. The fraction of sp³-hybridized carbons (Fsp3) is 0.722. The minimum atomic E-state index is -0.851. The lowest BCUT2D eigenvalue weighted by atomic mass is 10.1. The molecule has 0 aromatic rings. The van der Waals surface area contributed by atoms with Crippen LogP contribution in [0.25, 0.3) is 0 Å². The number of amides is 1. The van der Waals surface area contributed by atoms with Gasteiger partial charge in [0.1, 0.15) is 0 Å². The molecule has 0 rings (SSSR count). The molecule has 0 aliphatic rings. The van der Waals surface area contributed by atoms with E-state index in [0.29, 0.717) is 0 Å². The summed E-state index contributed by atoms with van der Waals surface area (Å²) >= 11 is 0. The highest BCUT2D eigenvalue weighted by Gasteiger charge is 2.15. The third-order valence-corrected chi connectivity index (χ3v) is 3.47. The molecule has 2 atom stereocenters. The first-order valence-corrected chi connectivity index (χ1v) is 8.49. The van der Waals surface area contributed by atoms with Crippen LogP contribution in [0.3, 0.4) is 0 Å². The lowest BCUT2D eigenvalue weighted by molar-refractivity contribution is -0.120. The van der Waals surface area contributed by atoms with Gasteiger partial charge in [0.2, 0.25) is 5.91 Å². The zero-order chi connectivity index (χ0) is 16.6. The summed E-state index contributed by atoms with van der Waals surface area (Å²) in [5.41, 5.74) is 0. The van der Waals surface area contributed by atoms with Crippen molar-refractivity contribution in [2.75, 3.05) is 6.61 Å². The third kappa shape index (κ3) is 12.6. The zero-order valence-electron chi connectivity index (χ0n) is 14.1. The normalized spacial score (nSPS) is 14.5. The van der Waals surface area contributed by atoms with E-state index < -0.39 is 12.1 Å². The Labute approximate surface area is 135 Å². The largest absolute Gasteiger partial charge is 0.394 e. The topological polar surface area (TPSA) is 69.6 Å². The van der Waals surface area contributed by atoms with Gasteiger partial charge in [-0.2, -0.15) is 0 Å². The summed E-state index contributed by atoms with van der Waals surface area (Å²) < 4.78 is 0. The molecular formula is C18H33NO3. The van der Waals surface area contributed by atoms with Gasteiger partial charge in [0.05, 0.1) is 18.8 Å². The van der Waals surface area contributed by atoms with E-state index in [9.17, 15) is 9.90 Å². The van der Waals surface area contributed by atoms with E-state index in [1.165, 1.54) is 39.0 Å². The summed E-state index contributed by atoms with van der Waals surface area (Å²) in [7, 11) is 0. The van der Waals surface area contributed by atoms with Gasteiger partial charge >= 0.3 is 0 Å². The third-order valence-electron chi connectivity index (χ3n) is 3.47. The number of hydrogen-bond acceptors (Lipinski definition) is 3. The van der Waals surface area contributed by atoms with Crippen molar-refractivity contribution in [1.82, 2.24) is 5.32 Å². The summed E-state index contributed by atoms with van der Waals surface area (Å²) in [6, 6.07) is -0.632. The van der Waals surface area contributed by atoms with E-state index in [2.05, 4.69) is 24.4 Å². The number of unbranched alkanes of at least 4 members (excludes halogenated alkanes) is 6. The van der Waals surface area contributed by atoms with Crippen molar-refractivity contribution in [2.45, 2.75) is 77.4 Å². The van der Waals surface area contributed by atoms with E-state index in [0.717, 1.165) is 19.3 Å². The number of nitrogens with one attached hydrogen (secondary N) is 1. The Hall–Kier alpha value is -1.13. The molecule has 4 heteroatoms. The van der Waals surface area contributed by atoms with Gasteiger partial charge < -0.3 is 15.5 Å². The lowest BCUT2D eigenvalue weighted by Crippen LogP contribution is -2.44. The molecule has 2 unspecified atom stereocenters. The lowest BCUT2D eigenvalue weighted by Gasteiger charge is -2.18. The predicted octanol–water partition coefficient (Wildman–Crippen LogP) is 3.10. The van der Waals surface area contributed by atoms with Crippen LogP contribution in [-0.2, 0) is 4.79 Å². The summed E-state index contributed by atoms with van der Waals surface area (Å²) in [6.45, 7) is 3.32. The van der Waals surface area contributed by atoms with Crippen molar-refractivity contribution >= 4 is 5.91 Å². The fourth-order valence-corrected chi connectivity index (χ4v) is 2.16. The Kier molecular flexibility index (Phi) is 14.0. The SMILES string of the molecule is CCCCCCC/C=C/CC/C=C/C(O)C(CO)NC(C)=O. The minimum absolute atomic E-state index is 0.256. The molecule has 0 aliphatic carbocycles. The van der Waals surface area contributed by atoms with Crippen LogP contribution < -0.4 is 5.32 Å². The number of aliphatic hydroxyl groups is 2. The Bertz CT molecular complexity index is 326. The Balaban J connectivity index is 3.69. The molecule has 0 heterocycles. The van der Waals surface area contributed by atoms with E-state index in [-0.39, 0.29) is 12.5 Å². The van der Waals surface area contributed by atoms with Crippen LogP contribution in [0.2, 0.25) is 0 Å². The molecule has 0 fully saturated rings. The molecule has 0 aliphatic heterocycles. The molecule has 1 amide bonds. The van der Waals surface area contributed by atoms with Gasteiger partial charge in [0.15, 0.2) is 0 Å². The van der Waals surface area contributed by atoms with Gasteiger partial charge in [0, 0.05) is 6.92 Å². The molecule has 0 bridgehead atoms. The van der Waals surface area contributed by atoms with E-state index in [1.54, 1.807) is 6.08 Å². The maximum absolute atomic E-state index is 10.9. The predicted molar refractivity (Wildman–Crippen MR) is 91.6 cm³/mol. The zero-order valence-corrected chi connectivity index (χ0v) is 14.1. The fourth-order valence-electron chi connectivity index (χ4n) is 2.16. The van der Waals surface area contributed by atoms with Crippen LogP contribution in [-0.4, -0.2) is 34.9 Å². The van der Waals surface area contributed by atoms with Crippen molar-refractivity contribution < 1.29 is 15.0 Å². The monoisotopic (exact) mass is 311 g/mol. The molecule has 0 saturated heterocycles. The molecule has 22 heavy (non-hydrogen) atoms. The second-order valence-corrected chi connectivity index (χ2v) is 5.66. The highest BCUT2D eigenvalue weighted by atomic mass is 16.3. The van der Waals surface area contributed by atoms with E-state index >= 15 is 0 Å². The number of aliphatic hydroxyl groups excluding tert-OH is 2. The summed E-state index contributed by atoms with van der Waals surface area (Å²) in [5, 5.41) is 21.4. The molecule has 128 valence electrons. The van der Waals surface area contributed by atoms with Gasteiger partial charge in [0.25, 0.3) is 0 Å². The Morgan fingerprint density at radius 2 is 1.68 bits per heavy atom. The molecule has 0 aromatic carbocycles. The number of rotatable bonds is 13. The Morgan fingerprint density at radius 3 is 2.32 bits per heavy atom. The average molecular weight is 311 g/mol. The standard InChI is InChI=1S/C18H33NO3/c1-3-4-5-6-7-8-9-10-11-12-13-14-18(22)17(15-20)19-16(2)21/h9-10,13-14,17-18,20,22H,3-8,11-12,15H2,1-2H3,(H,19,21)/b10-9+,14-13+. The van der Waals surface area contributed by atoms with Crippen molar-refractivity contribution in [3.05, 3.63) is 24.3 Å². The van der Waals surface area contributed by atoms with Crippen molar-refractivity contribution in [3.63, 3.8) is 0 Å². The van der Waals surface area contributed by atoms with Crippen molar-refractivity contribution in [3.8, 4) is 0 Å².